The van der Waals surface area contributed by atoms with Crippen molar-refractivity contribution in [3.8, 4) is 6.07 Å². The molecule has 0 radical (unpaired) electrons. The minimum atomic E-state index is 0.464. The second-order valence-corrected chi connectivity index (χ2v) is 2.84. The fourth-order valence-electron chi connectivity index (χ4n) is 1.14. The average molecular weight is 200 g/mol. The normalized spacial score (nSPS) is 9.53. The van der Waals surface area contributed by atoms with Crippen LogP contribution in [0, 0.1) is 11.3 Å². The Hall–Kier alpha value is -2.35. The Labute approximate surface area is 86.3 Å². The van der Waals surface area contributed by atoms with Gasteiger partial charge in [0, 0.05) is 12.3 Å². The third kappa shape index (κ3) is 2.11. The Morgan fingerprint density at radius 2 is 2.33 bits per heavy atom. The minimum Gasteiger partial charge on any atom is -0.362 e. The van der Waals surface area contributed by atoms with E-state index in [1.807, 2.05) is 0 Å². The first kappa shape index (κ1) is 9.21. The maximum absolute atomic E-state index is 8.81. The van der Waals surface area contributed by atoms with Crippen LogP contribution in [-0.2, 0) is 6.54 Å². The van der Waals surface area contributed by atoms with Crippen molar-refractivity contribution < 1.29 is 4.52 Å². The van der Waals surface area contributed by atoms with E-state index in [2.05, 4.69) is 21.5 Å². The zero-order valence-electron chi connectivity index (χ0n) is 7.84. The first-order chi connectivity index (χ1) is 7.40. The molecule has 0 spiro atoms. The number of nitrogens with one attached hydrogen (secondary N) is 1. The molecule has 0 fully saturated rings. The van der Waals surface area contributed by atoms with Crippen LogP contribution in [0.1, 0.15) is 11.3 Å². The number of nitrogens with zero attached hydrogens (tertiary/aromatic N) is 3. The SMILES string of the molecule is N#Cc1cccnc1NCc1ccno1. The van der Waals surface area contributed by atoms with Crippen LogP contribution in [-0.4, -0.2) is 10.1 Å². The van der Waals surface area contributed by atoms with Gasteiger partial charge in [-0.15, -0.1) is 0 Å². The molecule has 2 aromatic rings. The summed E-state index contributed by atoms with van der Waals surface area (Å²) >= 11 is 0. The minimum absolute atomic E-state index is 0.464. The number of nitriles is 1. The van der Waals surface area contributed by atoms with E-state index < -0.39 is 0 Å². The van der Waals surface area contributed by atoms with E-state index in [0.717, 1.165) is 0 Å². The maximum Gasteiger partial charge on any atom is 0.155 e. The van der Waals surface area contributed by atoms with Crippen molar-refractivity contribution in [3.05, 3.63) is 41.9 Å². The summed E-state index contributed by atoms with van der Waals surface area (Å²) in [5.41, 5.74) is 0.511. The Morgan fingerprint density at radius 3 is 3.07 bits per heavy atom. The molecule has 0 bridgehead atoms. The van der Waals surface area contributed by atoms with Crippen molar-refractivity contribution >= 4 is 5.82 Å². The van der Waals surface area contributed by atoms with Gasteiger partial charge in [0.15, 0.2) is 5.76 Å². The van der Waals surface area contributed by atoms with Crippen LogP contribution in [0.25, 0.3) is 0 Å². The zero-order chi connectivity index (χ0) is 10.5. The molecule has 2 rings (SSSR count). The highest BCUT2D eigenvalue weighted by Crippen LogP contribution is 2.10. The van der Waals surface area contributed by atoms with Gasteiger partial charge in [0.05, 0.1) is 18.3 Å². The molecule has 5 nitrogen and oxygen atoms in total. The van der Waals surface area contributed by atoms with Crippen LogP contribution in [0.4, 0.5) is 5.82 Å². The summed E-state index contributed by atoms with van der Waals surface area (Å²) in [6, 6.07) is 7.23. The fourth-order valence-corrected chi connectivity index (χ4v) is 1.14. The van der Waals surface area contributed by atoms with Crippen LogP contribution in [0.2, 0.25) is 0 Å². The molecule has 0 saturated carbocycles. The van der Waals surface area contributed by atoms with Gasteiger partial charge in [0.2, 0.25) is 0 Å². The Morgan fingerprint density at radius 1 is 1.40 bits per heavy atom. The Kier molecular flexibility index (Phi) is 2.61. The van der Waals surface area contributed by atoms with Gasteiger partial charge in [-0.3, -0.25) is 0 Å². The van der Waals surface area contributed by atoms with Gasteiger partial charge in [-0.1, -0.05) is 5.16 Å². The van der Waals surface area contributed by atoms with E-state index in [0.29, 0.717) is 23.7 Å². The third-order valence-electron chi connectivity index (χ3n) is 1.85. The molecule has 1 N–H and O–H groups in total. The third-order valence-corrected chi connectivity index (χ3v) is 1.85. The van der Waals surface area contributed by atoms with Crippen molar-refractivity contribution in [2.24, 2.45) is 0 Å². The summed E-state index contributed by atoms with van der Waals surface area (Å²) in [5.74, 6) is 1.25. The van der Waals surface area contributed by atoms with E-state index in [1.165, 1.54) is 0 Å². The molecule has 0 amide bonds. The van der Waals surface area contributed by atoms with Crippen LogP contribution >= 0.6 is 0 Å². The summed E-state index contributed by atoms with van der Waals surface area (Å²) in [5, 5.41) is 15.4. The van der Waals surface area contributed by atoms with Crippen molar-refractivity contribution in [1.29, 1.82) is 5.26 Å². The number of pyridine rings is 1. The molecular formula is C10H8N4O. The smallest absolute Gasteiger partial charge is 0.155 e. The molecule has 0 aliphatic carbocycles. The van der Waals surface area contributed by atoms with E-state index >= 15 is 0 Å². The molecule has 15 heavy (non-hydrogen) atoms. The van der Waals surface area contributed by atoms with Gasteiger partial charge in [-0.05, 0) is 12.1 Å². The van der Waals surface area contributed by atoms with Crippen molar-refractivity contribution in [2.45, 2.75) is 6.54 Å². The van der Waals surface area contributed by atoms with Crippen LogP contribution in [0.5, 0.6) is 0 Å². The van der Waals surface area contributed by atoms with Crippen molar-refractivity contribution in [1.82, 2.24) is 10.1 Å². The van der Waals surface area contributed by atoms with Gasteiger partial charge < -0.3 is 9.84 Å². The summed E-state index contributed by atoms with van der Waals surface area (Å²) in [4.78, 5) is 4.05. The summed E-state index contributed by atoms with van der Waals surface area (Å²) in [7, 11) is 0. The van der Waals surface area contributed by atoms with Gasteiger partial charge in [0.1, 0.15) is 11.9 Å². The molecule has 0 aromatic carbocycles. The predicted molar refractivity (Wildman–Crippen MR) is 52.8 cm³/mol. The lowest BCUT2D eigenvalue weighted by Crippen LogP contribution is -2.02. The molecule has 0 unspecified atom stereocenters. The van der Waals surface area contributed by atoms with Crippen molar-refractivity contribution in [3.63, 3.8) is 0 Å². The lowest BCUT2D eigenvalue weighted by Gasteiger charge is -2.03. The highest BCUT2D eigenvalue weighted by Gasteiger charge is 2.02. The lowest BCUT2D eigenvalue weighted by atomic mass is 10.3. The number of hydrogen-bond donors (Lipinski definition) is 1. The molecule has 2 aromatic heterocycles. The molecule has 0 aliphatic heterocycles. The summed E-state index contributed by atoms with van der Waals surface area (Å²) < 4.78 is 4.91. The van der Waals surface area contributed by atoms with Crippen LogP contribution in [0.15, 0.2) is 35.1 Å². The number of anilines is 1. The second-order valence-electron chi connectivity index (χ2n) is 2.84. The topological polar surface area (TPSA) is 74.7 Å². The monoisotopic (exact) mass is 200 g/mol. The van der Waals surface area contributed by atoms with E-state index in [-0.39, 0.29) is 0 Å². The van der Waals surface area contributed by atoms with Gasteiger partial charge in [-0.2, -0.15) is 5.26 Å². The predicted octanol–water partition coefficient (Wildman–Crippen LogP) is 1.55. The molecular weight excluding hydrogens is 192 g/mol. The highest BCUT2D eigenvalue weighted by molar-refractivity contribution is 5.51. The molecule has 74 valence electrons. The Bertz CT molecular complexity index is 472. The largest absolute Gasteiger partial charge is 0.362 e. The van der Waals surface area contributed by atoms with Crippen molar-refractivity contribution in [2.75, 3.05) is 5.32 Å². The molecule has 2 heterocycles. The molecule has 0 aliphatic rings. The zero-order valence-corrected chi connectivity index (χ0v) is 7.84. The lowest BCUT2D eigenvalue weighted by molar-refractivity contribution is 0.388. The van der Waals surface area contributed by atoms with Gasteiger partial charge in [-0.25, -0.2) is 4.98 Å². The Balaban J connectivity index is 2.08. The van der Waals surface area contributed by atoms with E-state index in [4.69, 9.17) is 9.78 Å². The fraction of sp³-hybridized carbons (Fsp3) is 0.100. The summed E-state index contributed by atoms with van der Waals surface area (Å²) in [6.07, 6.45) is 3.20. The van der Waals surface area contributed by atoms with E-state index in [1.54, 1.807) is 30.6 Å². The van der Waals surface area contributed by atoms with Gasteiger partial charge in [0.25, 0.3) is 0 Å². The molecule has 5 heteroatoms. The molecule has 0 saturated heterocycles. The average Bonchev–Trinajstić information content (AvgIpc) is 2.79. The quantitative estimate of drug-likeness (QED) is 0.813. The highest BCUT2D eigenvalue weighted by atomic mass is 16.5. The first-order valence-electron chi connectivity index (χ1n) is 4.38. The summed E-state index contributed by atoms with van der Waals surface area (Å²) in [6.45, 7) is 0.464. The first-order valence-corrected chi connectivity index (χ1v) is 4.38. The van der Waals surface area contributed by atoms with Crippen LogP contribution < -0.4 is 5.32 Å². The maximum atomic E-state index is 8.81. The second kappa shape index (κ2) is 4.24. The van der Waals surface area contributed by atoms with E-state index in [9.17, 15) is 0 Å². The number of aromatic nitrogens is 2. The standard InChI is InChI=1S/C10H8N4O/c11-6-8-2-1-4-12-10(8)13-7-9-3-5-14-15-9/h1-5H,7H2,(H,12,13). The van der Waals surface area contributed by atoms with Crippen LogP contribution in [0.3, 0.4) is 0 Å². The number of rotatable bonds is 3. The molecule has 0 atom stereocenters. The number of hydrogen-bond acceptors (Lipinski definition) is 5. The van der Waals surface area contributed by atoms with Gasteiger partial charge >= 0.3 is 0 Å².